The van der Waals surface area contributed by atoms with Crippen molar-refractivity contribution in [2.45, 2.75) is 26.8 Å². The zero-order valence-corrected chi connectivity index (χ0v) is 18.6. The standard InChI is InChI=1S/C25H28N6O/c1-19-23(20(2)31(28-19)22-10-4-3-5-11-22)18-27-25(32)30-14-8-13-29(15-16-30)24-12-7-6-9-21(24)17-26/h3-7,9-12H,8,13-16,18H2,1-2H3,(H,27,32). The molecule has 164 valence electrons. The van der Waals surface area contributed by atoms with E-state index in [1.54, 1.807) is 0 Å². The van der Waals surface area contributed by atoms with Gasteiger partial charge in [0, 0.05) is 44.0 Å². The van der Waals surface area contributed by atoms with Crippen molar-refractivity contribution in [1.29, 1.82) is 5.26 Å². The summed E-state index contributed by atoms with van der Waals surface area (Å²) in [5, 5.41) is 17.1. The molecule has 0 bridgehead atoms. The van der Waals surface area contributed by atoms with Gasteiger partial charge in [-0.1, -0.05) is 30.3 Å². The van der Waals surface area contributed by atoms with Crippen LogP contribution in [0, 0.1) is 25.2 Å². The van der Waals surface area contributed by atoms with E-state index < -0.39 is 0 Å². The molecule has 4 rings (SSSR count). The van der Waals surface area contributed by atoms with Gasteiger partial charge < -0.3 is 15.1 Å². The number of hydrogen-bond acceptors (Lipinski definition) is 4. The molecule has 0 radical (unpaired) electrons. The normalized spacial score (nSPS) is 14.0. The molecule has 7 heteroatoms. The van der Waals surface area contributed by atoms with Crippen LogP contribution in [0.2, 0.25) is 0 Å². The third kappa shape index (κ3) is 4.45. The summed E-state index contributed by atoms with van der Waals surface area (Å²) in [7, 11) is 0. The van der Waals surface area contributed by atoms with E-state index in [1.807, 2.05) is 78.0 Å². The fraction of sp³-hybridized carbons (Fsp3) is 0.320. The molecule has 1 saturated heterocycles. The van der Waals surface area contributed by atoms with Crippen LogP contribution < -0.4 is 10.2 Å². The number of nitrogens with zero attached hydrogens (tertiary/aromatic N) is 5. The number of nitrogens with one attached hydrogen (secondary N) is 1. The number of urea groups is 1. The summed E-state index contributed by atoms with van der Waals surface area (Å²) in [5.41, 5.74) is 5.62. The van der Waals surface area contributed by atoms with Crippen LogP contribution in [-0.4, -0.2) is 46.9 Å². The molecule has 1 N–H and O–H groups in total. The third-order valence-corrected chi connectivity index (χ3v) is 6.01. The molecular weight excluding hydrogens is 400 g/mol. The Labute approximate surface area is 188 Å². The highest BCUT2D eigenvalue weighted by Crippen LogP contribution is 2.21. The molecule has 1 aromatic heterocycles. The van der Waals surface area contributed by atoms with Gasteiger partial charge in [0.15, 0.2) is 0 Å². The summed E-state index contributed by atoms with van der Waals surface area (Å²) in [4.78, 5) is 17.0. The zero-order valence-electron chi connectivity index (χ0n) is 18.6. The number of aromatic nitrogens is 2. The van der Waals surface area contributed by atoms with Crippen molar-refractivity contribution in [3.05, 3.63) is 77.1 Å². The lowest BCUT2D eigenvalue weighted by atomic mass is 10.1. The van der Waals surface area contributed by atoms with Crippen molar-refractivity contribution < 1.29 is 4.79 Å². The highest BCUT2D eigenvalue weighted by Gasteiger charge is 2.21. The van der Waals surface area contributed by atoms with Gasteiger partial charge in [-0.15, -0.1) is 0 Å². The minimum Gasteiger partial charge on any atom is -0.369 e. The minimum atomic E-state index is -0.0633. The quantitative estimate of drug-likeness (QED) is 0.686. The van der Waals surface area contributed by atoms with Crippen LogP contribution in [0.4, 0.5) is 10.5 Å². The molecule has 3 aromatic rings. The number of anilines is 1. The van der Waals surface area contributed by atoms with Gasteiger partial charge in [0.25, 0.3) is 0 Å². The second-order valence-electron chi connectivity index (χ2n) is 8.01. The van der Waals surface area contributed by atoms with Crippen molar-refractivity contribution >= 4 is 11.7 Å². The first-order chi connectivity index (χ1) is 15.6. The van der Waals surface area contributed by atoms with Crippen LogP contribution in [0.25, 0.3) is 5.69 Å². The van der Waals surface area contributed by atoms with Gasteiger partial charge in [0.05, 0.1) is 22.6 Å². The van der Waals surface area contributed by atoms with Crippen molar-refractivity contribution in [2.24, 2.45) is 0 Å². The molecule has 32 heavy (non-hydrogen) atoms. The molecule has 2 aromatic carbocycles. The fourth-order valence-electron chi connectivity index (χ4n) is 4.23. The Hall–Kier alpha value is -3.79. The van der Waals surface area contributed by atoms with Gasteiger partial charge in [0.1, 0.15) is 6.07 Å². The van der Waals surface area contributed by atoms with Crippen LogP contribution in [-0.2, 0) is 6.54 Å². The van der Waals surface area contributed by atoms with Crippen LogP contribution >= 0.6 is 0 Å². The van der Waals surface area contributed by atoms with Crippen LogP contribution in [0.3, 0.4) is 0 Å². The van der Waals surface area contributed by atoms with Gasteiger partial charge in [-0.3, -0.25) is 0 Å². The second-order valence-corrected chi connectivity index (χ2v) is 8.01. The lowest BCUT2D eigenvalue weighted by Crippen LogP contribution is -2.42. The molecule has 0 spiro atoms. The molecule has 2 amide bonds. The predicted octanol–water partition coefficient (Wildman–Crippen LogP) is 3.78. The van der Waals surface area contributed by atoms with E-state index in [4.69, 9.17) is 0 Å². The van der Waals surface area contributed by atoms with Crippen molar-refractivity contribution in [3.8, 4) is 11.8 Å². The number of aryl methyl sites for hydroxylation is 1. The molecule has 1 aliphatic heterocycles. The van der Waals surface area contributed by atoms with E-state index in [1.165, 1.54) is 0 Å². The fourth-order valence-corrected chi connectivity index (χ4v) is 4.23. The molecular formula is C25H28N6O. The van der Waals surface area contributed by atoms with Gasteiger partial charge >= 0.3 is 6.03 Å². The maximum absolute atomic E-state index is 12.9. The number of carbonyl (C=O) groups excluding carboxylic acids is 1. The largest absolute Gasteiger partial charge is 0.369 e. The first kappa shape index (κ1) is 21.4. The Bertz CT molecular complexity index is 1130. The van der Waals surface area contributed by atoms with E-state index in [0.717, 1.165) is 41.3 Å². The third-order valence-electron chi connectivity index (χ3n) is 6.01. The first-order valence-corrected chi connectivity index (χ1v) is 11.0. The van der Waals surface area contributed by atoms with E-state index in [0.29, 0.717) is 31.7 Å². The summed E-state index contributed by atoms with van der Waals surface area (Å²) >= 11 is 0. The molecule has 0 atom stereocenters. The Morgan fingerprint density at radius 2 is 1.78 bits per heavy atom. The van der Waals surface area contributed by atoms with E-state index in [2.05, 4.69) is 21.4 Å². The molecule has 7 nitrogen and oxygen atoms in total. The molecule has 1 aliphatic rings. The van der Waals surface area contributed by atoms with Gasteiger partial charge in [-0.05, 0) is 44.5 Å². The average molecular weight is 429 g/mol. The zero-order chi connectivity index (χ0) is 22.5. The second kappa shape index (κ2) is 9.56. The molecule has 0 aliphatic carbocycles. The summed E-state index contributed by atoms with van der Waals surface area (Å²) in [6.07, 6.45) is 0.858. The van der Waals surface area contributed by atoms with Crippen LogP contribution in [0.1, 0.15) is 28.9 Å². The smallest absolute Gasteiger partial charge is 0.317 e. The molecule has 0 unspecified atom stereocenters. The Morgan fingerprint density at radius 3 is 2.56 bits per heavy atom. The highest BCUT2D eigenvalue weighted by atomic mass is 16.2. The molecule has 2 heterocycles. The van der Waals surface area contributed by atoms with Crippen LogP contribution in [0.15, 0.2) is 54.6 Å². The maximum Gasteiger partial charge on any atom is 0.317 e. The number of nitriles is 1. The Morgan fingerprint density at radius 1 is 1.03 bits per heavy atom. The van der Waals surface area contributed by atoms with Gasteiger partial charge in [0.2, 0.25) is 0 Å². The Kier molecular flexibility index (Phi) is 6.41. The van der Waals surface area contributed by atoms with E-state index in [9.17, 15) is 10.1 Å². The number of benzene rings is 2. The van der Waals surface area contributed by atoms with Crippen molar-refractivity contribution in [3.63, 3.8) is 0 Å². The summed E-state index contributed by atoms with van der Waals surface area (Å²) in [6.45, 7) is 7.29. The minimum absolute atomic E-state index is 0.0633. The average Bonchev–Trinajstić information content (AvgIpc) is 2.98. The number of rotatable bonds is 4. The van der Waals surface area contributed by atoms with Crippen LogP contribution in [0.5, 0.6) is 0 Å². The topological polar surface area (TPSA) is 77.2 Å². The summed E-state index contributed by atoms with van der Waals surface area (Å²) in [5.74, 6) is 0. The van der Waals surface area contributed by atoms with Crippen molar-refractivity contribution in [1.82, 2.24) is 20.0 Å². The maximum atomic E-state index is 12.9. The lowest BCUT2D eigenvalue weighted by molar-refractivity contribution is 0.201. The summed E-state index contributed by atoms with van der Waals surface area (Å²) < 4.78 is 1.92. The number of amides is 2. The number of hydrogen-bond donors (Lipinski definition) is 1. The van der Waals surface area contributed by atoms with Gasteiger partial charge in [-0.2, -0.15) is 10.4 Å². The van der Waals surface area contributed by atoms with Gasteiger partial charge in [-0.25, -0.2) is 9.48 Å². The highest BCUT2D eigenvalue weighted by molar-refractivity contribution is 5.74. The van der Waals surface area contributed by atoms with Crippen molar-refractivity contribution in [2.75, 3.05) is 31.1 Å². The van der Waals surface area contributed by atoms with E-state index in [-0.39, 0.29) is 6.03 Å². The first-order valence-electron chi connectivity index (χ1n) is 11.0. The monoisotopic (exact) mass is 428 g/mol. The predicted molar refractivity (Wildman–Crippen MR) is 125 cm³/mol. The molecule has 0 saturated carbocycles. The SMILES string of the molecule is Cc1nn(-c2ccccc2)c(C)c1CNC(=O)N1CCCN(c2ccccc2C#N)CC1. The Balaban J connectivity index is 1.39. The molecule has 1 fully saturated rings. The number of carbonyl (C=O) groups is 1. The van der Waals surface area contributed by atoms with E-state index >= 15 is 0 Å². The summed E-state index contributed by atoms with van der Waals surface area (Å²) in [6, 6.07) is 19.9. The lowest BCUT2D eigenvalue weighted by Gasteiger charge is -2.24. The number of para-hydroxylation sites is 2.